The van der Waals surface area contributed by atoms with Gasteiger partial charge < -0.3 is 5.43 Å². The van der Waals surface area contributed by atoms with Crippen molar-refractivity contribution >= 4 is 5.57 Å². The molecule has 0 bridgehead atoms. The van der Waals surface area contributed by atoms with Crippen LogP contribution >= 0.6 is 0 Å². The molecule has 1 aromatic rings. The molecule has 1 aliphatic rings. The lowest BCUT2D eigenvalue weighted by molar-refractivity contribution is 0.729. The minimum absolute atomic E-state index is 0.906. The molecular formula is C10H12N2. The molecule has 0 aromatic heterocycles. The fourth-order valence-electron chi connectivity index (χ4n) is 1.29. The summed E-state index contributed by atoms with van der Waals surface area (Å²) >= 11 is 0. The number of hydrazine groups is 1. The summed E-state index contributed by atoms with van der Waals surface area (Å²) in [6.07, 6.45) is 2.00. The van der Waals surface area contributed by atoms with Gasteiger partial charge in [-0.25, -0.2) is 5.43 Å². The fraction of sp³-hybridized carbons (Fsp3) is 0.200. The number of benzene rings is 1. The number of hydrogen-bond donors (Lipinski definition) is 2. The van der Waals surface area contributed by atoms with Gasteiger partial charge in [-0.05, 0) is 18.1 Å². The van der Waals surface area contributed by atoms with Crippen molar-refractivity contribution < 1.29 is 0 Å². The van der Waals surface area contributed by atoms with Gasteiger partial charge in [0.15, 0.2) is 0 Å². The highest BCUT2D eigenvalue weighted by Crippen LogP contribution is 2.14. The lowest BCUT2D eigenvalue weighted by atomic mass is 10.1. The van der Waals surface area contributed by atoms with Gasteiger partial charge in [-0.1, -0.05) is 29.8 Å². The average Bonchev–Trinajstić information content (AvgIpc) is 2.58. The highest BCUT2D eigenvalue weighted by atomic mass is 15.4. The molecular weight excluding hydrogens is 148 g/mol. The maximum atomic E-state index is 3.04. The van der Waals surface area contributed by atoms with E-state index in [1.54, 1.807) is 0 Å². The largest absolute Gasteiger partial charge is 0.328 e. The molecule has 0 amide bonds. The van der Waals surface area contributed by atoms with Crippen LogP contribution in [0.15, 0.2) is 30.5 Å². The van der Waals surface area contributed by atoms with Gasteiger partial charge in [-0.2, -0.15) is 0 Å². The van der Waals surface area contributed by atoms with Crippen molar-refractivity contribution in [2.45, 2.75) is 6.92 Å². The van der Waals surface area contributed by atoms with E-state index < -0.39 is 0 Å². The van der Waals surface area contributed by atoms with Crippen molar-refractivity contribution in [3.05, 3.63) is 41.6 Å². The van der Waals surface area contributed by atoms with Crippen LogP contribution < -0.4 is 10.9 Å². The minimum atomic E-state index is 0.906. The second kappa shape index (κ2) is 2.99. The van der Waals surface area contributed by atoms with E-state index in [0.717, 1.165) is 6.54 Å². The molecule has 1 aromatic carbocycles. The SMILES string of the molecule is Cc1ccc(C2=CNNC2)cc1. The zero-order valence-corrected chi connectivity index (χ0v) is 7.09. The van der Waals surface area contributed by atoms with Crippen molar-refractivity contribution in [1.82, 2.24) is 10.9 Å². The first kappa shape index (κ1) is 7.37. The summed E-state index contributed by atoms with van der Waals surface area (Å²) in [5.41, 5.74) is 9.92. The number of rotatable bonds is 1. The van der Waals surface area contributed by atoms with E-state index in [4.69, 9.17) is 0 Å². The fourth-order valence-corrected chi connectivity index (χ4v) is 1.29. The summed E-state index contributed by atoms with van der Waals surface area (Å²) in [7, 11) is 0. The molecule has 0 saturated heterocycles. The van der Waals surface area contributed by atoms with Gasteiger partial charge in [-0.3, -0.25) is 0 Å². The molecule has 2 N–H and O–H groups in total. The first-order valence-corrected chi connectivity index (χ1v) is 4.11. The molecule has 0 unspecified atom stereocenters. The molecule has 0 aliphatic carbocycles. The summed E-state index contributed by atoms with van der Waals surface area (Å²) in [6, 6.07) is 8.56. The third-order valence-corrected chi connectivity index (χ3v) is 2.05. The predicted molar refractivity (Wildman–Crippen MR) is 50.3 cm³/mol. The number of aryl methyl sites for hydroxylation is 1. The lowest BCUT2D eigenvalue weighted by Gasteiger charge is -2.00. The smallest absolute Gasteiger partial charge is 0.0419 e. The van der Waals surface area contributed by atoms with Gasteiger partial charge in [0, 0.05) is 12.7 Å². The Morgan fingerprint density at radius 2 is 1.92 bits per heavy atom. The highest BCUT2D eigenvalue weighted by Gasteiger charge is 2.04. The molecule has 0 saturated carbocycles. The van der Waals surface area contributed by atoms with Crippen LogP contribution in [-0.2, 0) is 0 Å². The Morgan fingerprint density at radius 1 is 1.17 bits per heavy atom. The zero-order chi connectivity index (χ0) is 8.39. The Bertz CT molecular complexity index is 298. The van der Waals surface area contributed by atoms with Crippen LogP contribution in [0.4, 0.5) is 0 Å². The monoisotopic (exact) mass is 160 g/mol. The van der Waals surface area contributed by atoms with Gasteiger partial charge in [0.1, 0.15) is 0 Å². The third kappa shape index (κ3) is 1.34. The van der Waals surface area contributed by atoms with Crippen molar-refractivity contribution in [1.29, 1.82) is 0 Å². The number of hydrogen-bond acceptors (Lipinski definition) is 2. The summed E-state index contributed by atoms with van der Waals surface area (Å²) in [4.78, 5) is 0. The van der Waals surface area contributed by atoms with Gasteiger partial charge in [0.05, 0.1) is 0 Å². The zero-order valence-electron chi connectivity index (χ0n) is 7.09. The van der Waals surface area contributed by atoms with E-state index in [9.17, 15) is 0 Å². The Morgan fingerprint density at radius 3 is 2.50 bits per heavy atom. The summed E-state index contributed by atoms with van der Waals surface area (Å²) in [5.74, 6) is 0. The average molecular weight is 160 g/mol. The van der Waals surface area contributed by atoms with Gasteiger partial charge >= 0.3 is 0 Å². The molecule has 0 fully saturated rings. The van der Waals surface area contributed by atoms with Crippen LogP contribution in [0.1, 0.15) is 11.1 Å². The maximum absolute atomic E-state index is 3.04. The lowest BCUT2D eigenvalue weighted by Crippen LogP contribution is -2.20. The minimum Gasteiger partial charge on any atom is -0.328 e. The molecule has 0 spiro atoms. The molecule has 2 heteroatoms. The first-order valence-electron chi connectivity index (χ1n) is 4.11. The quantitative estimate of drug-likeness (QED) is 0.649. The summed E-state index contributed by atoms with van der Waals surface area (Å²) < 4.78 is 0. The second-order valence-electron chi connectivity index (χ2n) is 3.03. The van der Waals surface area contributed by atoms with E-state index in [1.165, 1.54) is 16.7 Å². The predicted octanol–water partition coefficient (Wildman–Crippen LogP) is 1.44. The first-order chi connectivity index (χ1) is 5.86. The molecule has 12 heavy (non-hydrogen) atoms. The number of nitrogens with one attached hydrogen (secondary N) is 2. The third-order valence-electron chi connectivity index (χ3n) is 2.05. The van der Waals surface area contributed by atoms with Crippen molar-refractivity contribution in [3.63, 3.8) is 0 Å². The summed E-state index contributed by atoms with van der Waals surface area (Å²) in [5, 5.41) is 0. The molecule has 2 rings (SSSR count). The van der Waals surface area contributed by atoms with Gasteiger partial charge in [0.25, 0.3) is 0 Å². The van der Waals surface area contributed by atoms with Crippen molar-refractivity contribution in [2.24, 2.45) is 0 Å². The van der Waals surface area contributed by atoms with Crippen LogP contribution in [0.25, 0.3) is 5.57 Å². The maximum Gasteiger partial charge on any atom is 0.0419 e. The molecule has 2 nitrogen and oxygen atoms in total. The molecule has 1 aliphatic heterocycles. The van der Waals surface area contributed by atoms with Gasteiger partial charge in [-0.15, -0.1) is 0 Å². The Kier molecular flexibility index (Phi) is 1.84. The Hall–Kier alpha value is -1.28. The summed E-state index contributed by atoms with van der Waals surface area (Å²) in [6.45, 7) is 3.01. The van der Waals surface area contributed by atoms with E-state index in [1.807, 2.05) is 6.20 Å². The van der Waals surface area contributed by atoms with Crippen molar-refractivity contribution in [2.75, 3.05) is 6.54 Å². The molecule has 1 heterocycles. The molecule has 0 atom stereocenters. The van der Waals surface area contributed by atoms with Crippen LogP contribution in [-0.4, -0.2) is 6.54 Å². The van der Waals surface area contributed by atoms with E-state index in [2.05, 4.69) is 42.0 Å². The molecule has 0 radical (unpaired) electrons. The van der Waals surface area contributed by atoms with Gasteiger partial charge in [0.2, 0.25) is 0 Å². The van der Waals surface area contributed by atoms with E-state index >= 15 is 0 Å². The van der Waals surface area contributed by atoms with Crippen LogP contribution in [0.5, 0.6) is 0 Å². The topological polar surface area (TPSA) is 24.1 Å². The Labute approximate surface area is 72.3 Å². The second-order valence-corrected chi connectivity index (χ2v) is 3.03. The van der Waals surface area contributed by atoms with Crippen LogP contribution in [0.3, 0.4) is 0 Å². The highest BCUT2D eigenvalue weighted by molar-refractivity contribution is 5.67. The van der Waals surface area contributed by atoms with E-state index in [-0.39, 0.29) is 0 Å². The Balaban J connectivity index is 2.28. The standard InChI is InChI=1S/C10H12N2/c1-8-2-4-9(5-3-8)10-6-11-12-7-10/h2-6,11-12H,7H2,1H3. The van der Waals surface area contributed by atoms with Crippen LogP contribution in [0, 0.1) is 6.92 Å². The van der Waals surface area contributed by atoms with Crippen molar-refractivity contribution in [3.8, 4) is 0 Å². The van der Waals surface area contributed by atoms with Crippen LogP contribution in [0.2, 0.25) is 0 Å². The van der Waals surface area contributed by atoms with E-state index in [0.29, 0.717) is 0 Å². The molecule has 62 valence electrons. The normalized spacial score (nSPS) is 15.6.